The van der Waals surface area contributed by atoms with E-state index in [1.165, 1.54) is 6.42 Å². The lowest BCUT2D eigenvalue weighted by molar-refractivity contribution is 0.169. The van der Waals surface area contributed by atoms with E-state index in [0.717, 1.165) is 0 Å². The van der Waals surface area contributed by atoms with E-state index >= 15 is 0 Å². The number of hydrogen-bond donors (Lipinski definition) is 0. The summed E-state index contributed by atoms with van der Waals surface area (Å²) in [6, 6.07) is 0. The second-order valence-electron chi connectivity index (χ2n) is 5.53. The van der Waals surface area contributed by atoms with Crippen molar-refractivity contribution in [3.05, 3.63) is 11.6 Å². The van der Waals surface area contributed by atoms with Gasteiger partial charge in [0, 0.05) is 0 Å². The van der Waals surface area contributed by atoms with Crippen molar-refractivity contribution in [2.45, 2.75) is 48.0 Å². The van der Waals surface area contributed by atoms with Crippen LogP contribution in [0.4, 0.5) is 0 Å². The summed E-state index contributed by atoms with van der Waals surface area (Å²) < 4.78 is 0. The molecule has 0 nitrogen and oxygen atoms in total. The Hall–Kier alpha value is -0.260. The lowest BCUT2D eigenvalue weighted by Gasteiger charge is -2.39. The van der Waals surface area contributed by atoms with Crippen LogP contribution in [0.25, 0.3) is 0 Å². The van der Waals surface area contributed by atoms with Gasteiger partial charge in [-0.1, -0.05) is 53.2 Å². The normalized spacial score (nSPS) is 26.1. The maximum atomic E-state index is 2.45. The maximum Gasteiger partial charge on any atom is -0.00880 e. The van der Waals surface area contributed by atoms with Gasteiger partial charge in [0.2, 0.25) is 0 Å². The minimum atomic E-state index is 0.390. The highest BCUT2D eigenvalue weighted by Gasteiger charge is 2.43. The molecule has 0 saturated carbocycles. The van der Waals surface area contributed by atoms with Crippen molar-refractivity contribution in [3.8, 4) is 0 Å². The summed E-state index contributed by atoms with van der Waals surface area (Å²) in [6.07, 6.45) is 3.69. The quantitative estimate of drug-likeness (QED) is 0.516. The molecule has 1 aliphatic carbocycles. The zero-order valence-electron chi connectivity index (χ0n) is 9.36. The first-order chi connectivity index (χ1) is 5.29. The average molecular weight is 166 g/mol. The second kappa shape index (κ2) is 2.61. The monoisotopic (exact) mass is 166 g/mol. The van der Waals surface area contributed by atoms with Crippen molar-refractivity contribution >= 4 is 0 Å². The molecule has 0 N–H and O–H groups in total. The Bertz CT molecular complexity index is 204. The third kappa shape index (κ3) is 1.22. The van der Waals surface area contributed by atoms with Gasteiger partial charge in [-0.25, -0.2) is 0 Å². The molecule has 0 unspecified atom stereocenters. The summed E-state index contributed by atoms with van der Waals surface area (Å²) in [5.41, 5.74) is 2.49. The summed E-state index contributed by atoms with van der Waals surface area (Å²) in [5.74, 6) is 0.710. The van der Waals surface area contributed by atoms with Crippen LogP contribution in [0.15, 0.2) is 11.6 Å². The van der Waals surface area contributed by atoms with E-state index in [0.29, 0.717) is 16.7 Å². The van der Waals surface area contributed by atoms with E-state index in [2.05, 4.69) is 47.6 Å². The third-order valence-corrected chi connectivity index (χ3v) is 3.87. The van der Waals surface area contributed by atoms with Crippen LogP contribution >= 0.6 is 0 Å². The van der Waals surface area contributed by atoms with Gasteiger partial charge in [0.15, 0.2) is 0 Å². The van der Waals surface area contributed by atoms with Crippen molar-refractivity contribution in [3.63, 3.8) is 0 Å². The van der Waals surface area contributed by atoms with E-state index in [1.54, 1.807) is 5.57 Å². The van der Waals surface area contributed by atoms with E-state index in [9.17, 15) is 0 Å². The molecule has 0 atom stereocenters. The molecule has 0 aromatic heterocycles. The smallest absolute Gasteiger partial charge is 0.00880 e. The van der Waals surface area contributed by atoms with Crippen LogP contribution in [0, 0.1) is 16.7 Å². The van der Waals surface area contributed by atoms with Crippen molar-refractivity contribution in [1.29, 1.82) is 0 Å². The summed E-state index contributed by atoms with van der Waals surface area (Å²) in [6.45, 7) is 14.1. The molecule has 0 radical (unpaired) electrons. The molecule has 0 spiro atoms. The summed E-state index contributed by atoms with van der Waals surface area (Å²) >= 11 is 0. The molecule has 0 aromatic carbocycles. The highest BCUT2D eigenvalue weighted by atomic mass is 14.5. The molecule has 70 valence electrons. The first-order valence-electron chi connectivity index (χ1n) is 4.99. The predicted molar refractivity (Wildman–Crippen MR) is 55.1 cm³/mol. The Balaban J connectivity index is 2.96. The van der Waals surface area contributed by atoms with Gasteiger partial charge < -0.3 is 0 Å². The Kier molecular flexibility index (Phi) is 2.14. The van der Waals surface area contributed by atoms with Gasteiger partial charge in [-0.05, 0) is 23.2 Å². The van der Waals surface area contributed by atoms with Gasteiger partial charge in [-0.3, -0.25) is 0 Å². The Morgan fingerprint density at radius 3 is 1.83 bits per heavy atom. The number of hydrogen-bond acceptors (Lipinski definition) is 0. The SMILES string of the molecule is CC(C)C1=CCC(C)(C)C1(C)C. The minimum absolute atomic E-state index is 0.390. The third-order valence-electron chi connectivity index (χ3n) is 3.87. The first-order valence-corrected chi connectivity index (χ1v) is 4.99. The first kappa shape index (κ1) is 9.83. The highest BCUT2D eigenvalue weighted by Crippen LogP contribution is 2.54. The fraction of sp³-hybridized carbons (Fsp3) is 0.833. The summed E-state index contributed by atoms with van der Waals surface area (Å²) in [4.78, 5) is 0. The fourth-order valence-electron chi connectivity index (χ4n) is 2.22. The van der Waals surface area contributed by atoms with Crippen molar-refractivity contribution in [2.24, 2.45) is 16.7 Å². The zero-order chi connectivity index (χ0) is 9.57. The van der Waals surface area contributed by atoms with Gasteiger partial charge in [-0.15, -0.1) is 0 Å². The zero-order valence-corrected chi connectivity index (χ0v) is 9.36. The van der Waals surface area contributed by atoms with Gasteiger partial charge in [0.05, 0.1) is 0 Å². The summed E-state index contributed by atoms with van der Waals surface area (Å²) in [7, 11) is 0. The average Bonchev–Trinajstić information content (AvgIpc) is 2.03. The predicted octanol–water partition coefficient (Wildman–Crippen LogP) is 4.02. The Labute approximate surface area is 77.1 Å². The number of allylic oxidation sites excluding steroid dienone is 2. The molecule has 1 rings (SSSR count). The molecule has 0 heteroatoms. The molecule has 0 fully saturated rings. The molecule has 1 aliphatic rings. The Morgan fingerprint density at radius 2 is 1.67 bits per heavy atom. The van der Waals surface area contributed by atoms with E-state index in [-0.39, 0.29) is 0 Å². The highest BCUT2D eigenvalue weighted by molar-refractivity contribution is 5.25. The topological polar surface area (TPSA) is 0 Å². The van der Waals surface area contributed by atoms with Crippen LogP contribution in [0.2, 0.25) is 0 Å². The van der Waals surface area contributed by atoms with E-state index in [4.69, 9.17) is 0 Å². The van der Waals surface area contributed by atoms with E-state index in [1.807, 2.05) is 0 Å². The van der Waals surface area contributed by atoms with E-state index < -0.39 is 0 Å². The minimum Gasteiger partial charge on any atom is -0.0839 e. The molecular formula is C12H22. The maximum absolute atomic E-state index is 2.45. The lowest BCUT2D eigenvalue weighted by atomic mass is 9.65. The molecule has 0 saturated heterocycles. The van der Waals surface area contributed by atoms with Crippen molar-refractivity contribution in [1.82, 2.24) is 0 Å². The standard InChI is InChI=1S/C12H22/c1-9(2)10-7-8-11(3,4)12(10,5)6/h7,9H,8H2,1-6H3. The Morgan fingerprint density at radius 1 is 1.17 bits per heavy atom. The summed E-state index contributed by atoms with van der Waals surface area (Å²) in [5, 5.41) is 0. The molecular weight excluding hydrogens is 144 g/mol. The molecule has 0 bridgehead atoms. The molecule has 0 aromatic rings. The van der Waals surface area contributed by atoms with Crippen LogP contribution in [-0.4, -0.2) is 0 Å². The fourth-order valence-corrected chi connectivity index (χ4v) is 2.22. The largest absolute Gasteiger partial charge is 0.0839 e. The number of rotatable bonds is 1. The lowest BCUT2D eigenvalue weighted by Crippen LogP contribution is -2.30. The molecule has 0 heterocycles. The van der Waals surface area contributed by atoms with Gasteiger partial charge in [-0.2, -0.15) is 0 Å². The van der Waals surface area contributed by atoms with Crippen LogP contribution in [0.1, 0.15) is 48.0 Å². The van der Waals surface area contributed by atoms with Crippen LogP contribution in [0.3, 0.4) is 0 Å². The van der Waals surface area contributed by atoms with Crippen molar-refractivity contribution in [2.75, 3.05) is 0 Å². The van der Waals surface area contributed by atoms with Crippen LogP contribution < -0.4 is 0 Å². The van der Waals surface area contributed by atoms with Crippen molar-refractivity contribution < 1.29 is 0 Å². The molecule has 0 amide bonds. The molecule has 0 aliphatic heterocycles. The van der Waals surface area contributed by atoms with Gasteiger partial charge in [0.25, 0.3) is 0 Å². The second-order valence-corrected chi connectivity index (χ2v) is 5.53. The van der Waals surface area contributed by atoms with Crippen LogP contribution in [-0.2, 0) is 0 Å². The van der Waals surface area contributed by atoms with Gasteiger partial charge >= 0.3 is 0 Å². The van der Waals surface area contributed by atoms with Gasteiger partial charge in [0.1, 0.15) is 0 Å². The van der Waals surface area contributed by atoms with Crippen LogP contribution in [0.5, 0.6) is 0 Å². The molecule has 12 heavy (non-hydrogen) atoms.